The number of aliphatic hydroxyl groups excluding tert-OH is 1. The van der Waals surface area contributed by atoms with Gasteiger partial charge in [-0.3, -0.25) is 4.79 Å². The highest BCUT2D eigenvalue weighted by Gasteiger charge is 2.16. The lowest BCUT2D eigenvalue weighted by atomic mass is 10.0. The third kappa shape index (κ3) is 5.76. The number of carbonyl (C=O) groups excluding carboxylic acids is 1. The van der Waals surface area contributed by atoms with Crippen molar-refractivity contribution in [3.05, 3.63) is 29.8 Å². The van der Waals surface area contributed by atoms with Crippen molar-refractivity contribution in [1.82, 2.24) is 4.90 Å². The zero-order chi connectivity index (χ0) is 15.8. The molecule has 4 nitrogen and oxygen atoms in total. The van der Waals surface area contributed by atoms with E-state index in [9.17, 15) is 4.79 Å². The molecule has 0 atom stereocenters. The first-order chi connectivity index (χ1) is 9.95. The van der Waals surface area contributed by atoms with Crippen LogP contribution in [0.25, 0.3) is 0 Å². The quantitative estimate of drug-likeness (QED) is 0.802. The van der Waals surface area contributed by atoms with Gasteiger partial charge < -0.3 is 14.7 Å². The van der Waals surface area contributed by atoms with Gasteiger partial charge in [0.05, 0.1) is 0 Å². The fourth-order valence-electron chi connectivity index (χ4n) is 2.09. The molecule has 0 aliphatic carbocycles. The van der Waals surface area contributed by atoms with Gasteiger partial charge in [-0.15, -0.1) is 0 Å². The number of ether oxygens (including phenoxy) is 1. The molecule has 0 aromatic heterocycles. The Bertz CT molecular complexity index is 426. The van der Waals surface area contributed by atoms with E-state index in [1.807, 2.05) is 38.1 Å². The number of benzene rings is 1. The van der Waals surface area contributed by atoms with Crippen molar-refractivity contribution in [2.75, 3.05) is 19.8 Å². The minimum atomic E-state index is -0.0496. The summed E-state index contributed by atoms with van der Waals surface area (Å²) >= 11 is 0. The Morgan fingerprint density at radius 1 is 1.19 bits per heavy atom. The van der Waals surface area contributed by atoms with Crippen molar-refractivity contribution in [2.45, 2.75) is 46.1 Å². The third-order valence-electron chi connectivity index (χ3n) is 3.41. The lowest BCUT2D eigenvalue weighted by Gasteiger charge is -2.26. The highest BCUT2D eigenvalue weighted by Crippen LogP contribution is 2.18. The van der Waals surface area contributed by atoms with Gasteiger partial charge in [-0.1, -0.05) is 26.0 Å². The third-order valence-corrected chi connectivity index (χ3v) is 3.41. The number of aliphatic hydroxyl groups is 1. The molecule has 0 spiro atoms. The van der Waals surface area contributed by atoms with Gasteiger partial charge in [0.15, 0.2) is 6.61 Å². The standard InChI is InChI=1S/C17H27NO3/c1-13(2)15-6-8-16(9-7-15)21-12-17(20)18(14(3)4)10-5-11-19/h6-9,13-14,19H,5,10-12H2,1-4H3. The van der Waals surface area contributed by atoms with Crippen LogP contribution in [-0.2, 0) is 4.79 Å². The largest absolute Gasteiger partial charge is 0.484 e. The van der Waals surface area contributed by atoms with Gasteiger partial charge in [-0.2, -0.15) is 0 Å². The predicted octanol–water partition coefficient (Wildman–Crippen LogP) is 2.81. The average molecular weight is 293 g/mol. The van der Waals surface area contributed by atoms with Crippen molar-refractivity contribution in [2.24, 2.45) is 0 Å². The molecular formula is C17H27NO3. The van der Waals surface area contributed by atoms with Crippen molar-refractivity contribution in [3.63, 3.8) is 0 Å². The first kappa shape index (κ1) is 17.5. The van der Waals surface area contributed by atoms with E-state index in [0.717, 1.165) is 0 Å². The van der Waals surface area contributed by atoms with Crippen LogP contribution < -0.4 is 4.74 Å². The van der Waals surface area contributed by atoms with Crippen LogP contribution in [0.4, 0.5) is 0 Å². The summed E-state index contributed by atoms with van der Waals surface area (Å²) in [6.45, 7) is 8.89. The van der Waals surface area contributed by atoms with Gasteiger partial charge in [-0.25, -0.2) is 0 Å². The second-order valence-electron chi connectivity index (χ2n) is 5.77. The zero-order valence-electron chi connectivity index (χ0n) is 13.5. The average Bonchev–Trinajstić information content (AvgIpc) is 2.45. The Balaban J connectivity index is 2.54. The van der Waals surface area contributed by atoms with E-state index in [0.29, 0.717) is 24.6 Å². The SMILES string of the molecule is CC(C)c1ccc(OCC(=O)N(CCCO)C(C)C)cc1. The molecule has 21 heavy (non-hydrogen) atoms. The van der Waals surface area contributed by atoms with Crippen LogP contribution >= 0.6 is 0 Å². The van der Waals surface area contributed by atoms with E-state index < -0.39 is 0 Å². The highest BCUT2D eigenvalue weighted by molar-refractivity contribution is 5.78. The second kappa shape index (κ2) is 8.67. The van der Waals surface area contributed by atoms with E-state index >= 15 is 0 Å². The summed E-state index contributed by atoms with van der Waals surface area (Å²) in [5.74, 6) is 1.14. The minimum Gasteiger partial charge on any atom is -0.484 e. The van der Waals surface area contributed by atoms with E-state index in [1.165, 1.54) is 5.56 Å². The molecule has 0 saturated heterocycles. The van der Waals surface area contributed by atoms with E-state index in [4.69, 9.17) is 9.84 Å². The zero-order valence-corrected chi connectivity index (χ0v) is 13.5. The maximum atomic E-state index is 12.2. The van der Waals surface area contributed by atoms with Gasteiger partial charge >= 0.3 is 0 Å². The van der Waals surface area contributed by atoms with Crippen molar-refractivity contribution >= 4 is 5.91 Å². The van der Waals surface area contributed by atoms with Crippen molar-refractivity contribution < 1.29 is 14.6 Å². The predicted molar refractivity (Wildman–Crippen MR) is 84.6 cm³/mol. The highest BCUT2D eigenvalue weighted by atomic mass is 16.5. The van der Waals surface area contributed by atoms with E-state index in [2.05, 4.69) is 13.8 Å². The molecule has 1 N–H and O–H groups in total. The molecule has 0 saturated carbocycles. The molecule has 1 amide bonds. The van der Waals surface area contributed by atoms with Crippen molar-refractivity contribution in [3.8, 4) is 5.75 Å². The van der Waals surface area contributed by atoms with Gasteiger partial charge in [0.2, 0.25) is 0 Å². The summed E-state index contributed by atoms with van der Waals surface area (Å²) in [5.41, 5.74) is 1.25. The molecule has 1 rings (SSSR count). The summed E-state index contributed by atoms with van der Waals surface area (Å²) in [5, 5.41) is 8.89. The maximum Gasteiger partial charge on any atom is 0.260 e. The Morgan fingerprint density at radius 3 is 2.29 bits per heavy atom. The van der Waals surface area contributed by atoms with Gasteiger partial charge in [-0.05, 0) is 43.9 Å². The molecule has 4 heteroatoms. The van der Waals surface area contributed by atoms with Crippen LogP contribution in [0, 0.1) is 0 Å². The Kier molecular flexibility index (Phi) is 7.23. The van der Waals surface area contributed by atoms with Crippen molar-refractivity contribution in [1.29, 1.82) is 0 Å². The molecule has 0 fully saturated rings. The molecule has 118 valence electrons. The smallest absolute Gasteiger partial charge is 0.260 e. The molecule has 0 unspecified atom stereocenters. The molecule has 0 bridgehead atoms. The topological polar surface area (TPSA) is 49.8 Å². The fraction of sp³-hybridized carbons (Fsp3) is 0.588. The molecule has 0 heterocycles. The summed E-state index contributed by atoms with van der Waals surface area (Å²) < 4.78 is 5.56. The Hall–Kier alpha value is -1.55. The number of rotatable bonds is 8. The summed E-state index contributed by atoms with van der Waals surface area (Å²) in [6.07, 6.45) is 0.590. The monoisotopic (exact) mass is 293 g/mol. The number of nitrogens with zero attached hydrogens (tertiary/aromatic N) is 1. The first-order valence-corrected chi connectivity index (χ1v) is 7.58. The van der Waals surface area contributed by atoms with Gasteiger partial charge in [0, 0.05) is 19.2 Å². The molecule has 1 aromatic carbocycles. The molecule has 0 aliphatic rings. The van der Waals surface area contributed by atoms with Gasteiger partial charge in [0.25, 0.3) is 5.91 Å². The lowest BCUT2D eigenvalue weighted by Crippen LogP contribution is -2.40. The Morgan fingerprint density at radius 2 is 1.81 bits per heavy atom. The van der Waals surface area contributed by atoms with Crippen LogP contribution in [0.1, 0.15) is 45.6 Å². The van der Waals surface area contributed by atoms with E-state index in [-0.39, 0.29) is 25.2 Å². The Labute approximate surface area is 127 Å². The maximum absolute atomic E-state index is 12.2. The van der Waals surface area contributed by atoms with Crippen LogP contribution in [0.15, 0.2) is 24.3 Å². The number of carbonyl (C=O) groups is 1. The number of amides is 1. The van der Waals surface area contributed by atoms with Crippen LogP contribution in [0.5, 0.6) is 5.75 Å². The van der Waals surface area contributed by atoms with Crippen LogP contribution in [-0.4, -0.2) is 41.7 Å². The molecule has 1 aromatic rings. The lowest BCUT2D eigenvalue weighted by molar-refractivity contribution is -0.135. The number of hydrogen-bond acceptors (Lipinski definition) is 3. The fourth-order valence-corrected chi connectivity index (χ4v) is 2.09. The molecule has 0 aliphatic heterocycles. The number of hydrogen-bond donors (Lipinski definition) is 1. The first-order valence-electron chi connectivity index (χ1n) is 7.58. The van der Waals surface area contributed by atoms with Crippen LogP contribution in [0.2, 0.25) is 0 Å². The molecular weight excluding hydrogens is 266 g/mol. The van der Waals surface area contributed by atoms with Crippen LogP contribution in [0.3, 0.4) is 0 Å². The normalized spacial score (nSPS) is 11.0. The van der Waals surface area contributed by atoms with E-state index in [1.54, 1.807) is 4.90 Å². The summed E-state index contributed by atoms with van der Waals surface area (Å²) in [7, 11) is 0. The summed E-state index contributed by atoms with van der Waals surface area (Å²) in [4.78, 5) is 13.9. The summed E-state index contributed by atoms with van der Waals surface area (Å²) in [6, 6.07) is 7.95. The second-order valence-corrected chi connectivity index (χ2v) is 5.77. The minimum absolute atomic E-state index is 0.0324. The van der Waals surface area contributed by atoms with Gasteiger partial charge in [0.1, 0.15) is 5.75 Å². The molecule has 0 radical (unpaired) electrons.